The molecule has 0 spiro atoms. The quantitative estimate of drug-likeness (QED) is 0.358. The van der Waals surface area contributed by atoms with Gasteiger partial charge in [-0.05, 0) is 19.1 Å². The molecule has 2 N–H and O–H groups in total. The second kappa shape index (κ2) is 9.28. The van der Waals surface area contributed by atoms with Gasteiger partial charge in [-0.15, -0.1) is 10.2 Å². The summed E-state index contributed by atoms with van der Waals surface area (Å²) in [5, 5.41) is 10.6. The molecule has 0 amide bonds. The summed E-state index contributed by atoms with van der Waals surface area (Å²) in [6.07, 6.45) is 0. The standard InChI is InChI=1S/C24H26N6OS/c1-17-6-8-18(9-7-17)22-16-20(19-4-2-3-5-21(19)26-22)23-27-28-24(30(23)25)32-15-12-29-10-13-31-14-11-29/h2-9,16H,10-15,25H2,1H3. The number of fused-ring (bicyclic) bond motifs is 1. The van der Waals surface area contributed by atoms with Crippen molar-refractivity contribution in [2.45, 2.75) is 12.1 Å². The molecule has 4 aromatic rings. The summed E-state index contributed by atoms with van der Waals surface area (Å²) in [6, 6.07) is 18.5. The van der Waals surface area contributed by atoms with E-state index in [4.69, 9.17) is 15.6 Å². The van der Waals surface area contributed by atoms with E-state index in [2.05, 4.69) is 58.4 Å². The predicted octanol–water partition coefficient (Wildman–Crippen LogP) is 3.61. The number of ether oxygens (including phenoxy) is 1. The van der Waals surface area contributed by atoms with Crippen molar-refractivity contribution in [2.75, 3.05) is 44.4 Å². The van der Waals surface area contributed by atoms with E-state index in [9.17, 15) is 0 Å². The number of nitrogens with two attached hydrogens (primary N) is 1. The van der Waals surface area contributed by atoms with Crippen LogP contribution in [0.15, 0.2) is 59.8 Å². The van der Waals surface area contributed by atoms with Gasteiger partial charge < -0.3 is 10.6 Å². The van der Waals surface area contributed by atoms with Gasteiger partial charge in [0.15, 0.2) is 5.82 Å². The highest BCUT2D eigenvalue weighted by Gasteiger charge is 2.18. The van der Waals surface area contributed by atoms with Gasteiger partial charge in [-0.3, -0.25) is 4.90 Å². The van der Waals surface area contributed by atoms with Crippen LogP contribution in [-0.4, -0.2) is 63.4 Å². The Morgan fingerprint density at radius 1 is 1.03 bits per heavy atom. The summed E-state index contributed by atoms with van der Waals surface area (Å²) in [7, 11) is 0. The molecule has 0 atom stereocenters. The summed E-state index contributed by atoms with van der Waals surface area (Å²) >= 11 is 1.63. The van der Waals surface area contributed by atoms with Gasteiger partial charge in [-0.1, -0.05) is 59.8 Å². The molecule has 5 rings (SSSR count). The van der Waals surface area contributed by atoms with Gasteiger partial charge in [-0.25, -0.2) is 9.66 Å². The average Bonchev–Trinajstić information content (AvgIpc) is 3.19. The van der Waals surface area contributed by atoms with Gasteiger partial charge in [-0.2, -0.15) is 0 Å². The SMILES string of the molecule is Cc1ccc(-c2cc(-c3nnc(SCCN4CCOCC4)n3N)c3ccccc3n2)cc1. The monoisotopic (exact) mass is 446 g/mol. The molecule has 164 valence electrons. The Labute approximate surface area is 191 Å². The predicted molar refractivity (Wildman–Crippen MR) is 129 cm³/mol. The number of aryl methyl sites for hydroxylation is 1. The minimum atomic E-state index is 0.644. The van der Waals surface area contributed by atoms with E-state index in [1.54, 1.807) is 16.4 Å². The first-order chi connectivity index (χ1) is 15.7. The normalized spacial score (nSPS) is 14.8. The number of rotatable bonds is 6. The van der Waals surface area contributed by atoms with Crippen LogP contribution in [0.25, 0.3) is 33.5 Å². The zero-order valence-electron chi connectivity index (χ0n) is 18.1. The third-order valence-electron chi connectivity index (χ3n) is 5.71. The van der Waals surface area contributed by atoms with Crippen molar-refractivity contribution in [3.8, 4) is 22.6 Å². The molecular weight excluding hydrogens is 420 g/mol. The highest BCUT2D eigenvalue weighted by atomic mass is 32.2. The molecule has 7 nitrogen and oxygen atoms in total. The van der Waals surface area contributed by atoms with E-state index in [1.807, 2.05) is 18.2 Å². The number of nitrogens with zero attached hydrogens (tertiary/aromatic N) is 5. The average molecular weight is 447 g/mol. The Morgan fingerprint density at radius 3 is 2.62 bits per heavy atom. The number of benzene rings is 2. The van der Waals surface area contributed by atoms with Crippen LogP contribution >= 0.6 is 11.8 Å². The topological polar surface area (TPSA) is 82.1 Å². The fourth-order valence-electron chi connectivity index (χ4n) is 3.88. The number of hydrogen-bond acceptors (Lipinski definition) is 7. The second-order valence-electron chi connectivity index (χ2n) is 7.92. The number of hydrogen-bond donors (Lipinski definition) is 1. The van der Waals surface area contributed by atoms with Gasteiger partial charge in [0.05, 0.1) is 24.4 Å². The summed E-state index contributed by atoms with van der Waals surface area (Å²) in [5.41, 5.74) is 5.01. The van der Waals surface area contributed by atoms with Crippen molar-refractivity contribution < 1.29 is 4.74 Å². The van der Waals surface area contributed by atoms with Crippen LogP contribution in [0.5, 0.6) is 0 Å². The number of aromatic nitrogens is 4. The van der Waals surface area contributed by atoms with E-state index in [0.29, 0.717) is 11.0 Å². The number of pyridine rings is 1. The molecule has 2 aromatic heterocycles. The lowest BCUT2D eigenvalue weighted by Crippen LogP contribution is -2.37. The third kappa shape index (κ3) is 4.34. The Bertz CT molecular complexity index is 1220. The van der Waals surface area contributed by atoms with E-state index >= 15 is 0 Å². The first-order valence-electron chi connectivity index (χ1n) is 10.8. The molecule has 0 radical (unpaired) electrons. The van der Waals surface area contributed by atoms with Crippen LogP contribution in [0.3, 0.4) is 0 Å². The first-order valence-corrected chi connectivity index (χ1v) is 11.8. The number of nitrogen functional groups attached to an aromatic ring is 1. The summed E-state index contributed by atoms with van der Waals surface area (Å²) < 4.78 is 7.02. The fraction of sp³-hybridized carbons (Fsp3) is 0.292. The summed E-state index contributed by atoms with van der Waals surface area (Å²) in [5.74, 6) is 8.02. The van der Waals surface area contributed by atoms with Gasteiger partial charge in [0.1, 0.15) is 0 Å². The van der Waals surface area contributed by atoms with Crippen LogP contribution in [0.2, 0.25) is 0 Å². The van der Waals surface area contributed by atoms with Crippen LogP contribution in [0, 0.1) is 6.92 Å². The lowest BCUT2D eigenvalue weighted by Gasteiger charge is -2.26. The molecule has 0 bridgehead atoms. The molecule has 0 aliphatic carbocycles. The molecule has 1 aliphatic heterocycles. The molecule has 32 heavy (non-hydrogen) atoms. The Kier molecular flexibility index (Phi) is 6.07. The van der Waals surface area contributed by atoms with E-state index in [1.165, 1.54) is 5.56 Å². The van der Waals surface area contributed by atoms with Gasteiger partial charge in [0.2, 0.25) is 5.16 Å². The highest BCUT2D eigenvalue weighted by Crippen LogP contribution is 2.32. The zero-order chi connectivity index (χ0) is 21.9. The van der Waals surface area contributed by atoms with Crippen LogP contribution in [0.1, 0.15) is 5.56 Å². The molecule has 0 saturated carbocycles. The van der Waals surface area contributed by atoms with Gasteiger partial charge in [0.25, 0.3) is 0 Å². The molecular formula is C24H26N6OS. The molecule has 0 unspecified atom stereocenters. The molecule has 2 aromatic carbocycles. The second-order valence-corrected chi connectivity index (χ2v) is 8.98. The number of thioether (sulfide) groups is 1. The van der Waals surface area contributed by atoms with Crippen molar-refractivity contribution in [1.29, 1.82) is 0 Å². The van der Waals surface area contributed by atoms with Crippen LogP contribution in [0.4, 0.5) is 0 Å². The minimum absolute atomic E-state index is 0.644. The summed E-state index contributed by atoms with van der Waals surface area (Å²) in [6.45, 7) is 6.63. The molecule has 1 aliphatic rings. The molecule has 8 heteroatoms. The van der Waals surface area contributed by atoms with Crippen molar-refractivity contribution in [2.24, 2.45) is 0 Å². The van der Waals surface area contributed by atoms with E-state index in [0.717, 1.165) is 66.3 Å². The Balaban J connectivity index is 1.45. The Hall–Kier alpha value is -2.94. The van der Waals surface area contributed by atoms with Crippen molar-refractivity contribution in [3.63, 3.8) is 0 Å². The number of para-hydroxylation sites is 1. The van der Waals surface area contributed by atoms with Crippen LogP contribution in [-0.2, 0) is 4.74 Å². The Morgan fingerprint density at radius 2 is 1.81 bits per heavy atom. The maximum absolute atomic E-state index is 6.47. The maximum Gasteiger partial charge on any atom is 0.210 e. The van der Waals surface area contributed by atoms with Crippen molar-refractivity contribution in [1.82, 2.24) is 24.8 Å². The molecule has 1 saturated heterocycles. The highest BCUT2D eigenvalue weighted by molar-refractivity contribution is 7.99. The minimum Gasteiger partial charge on any atom is -0.379 e. The zero-order valence-corrected chi connectivity index (χ0v) is 18.9. The van der Waals surface area contributed by atoms with E-state index in [-0.39, 0.29) is 0 Å². The van der Waals surface area contributed by atoms with E-state index < -0.39 is 0 Å². The molecule has 1 fully saturated rings. The van der Waals surface area contributed by atoms with Crippen LogP contribution < -0.4 is 5.84 Å². The first kappa shape index (κ1) is 20.9. The number of morpholine rings is 1. The smallest absolute Gasteiger partial charge is 0.210 e. The van der Waals surface area contributed by atoms with Gasteiger partial charge >= 0.3 is 0 Å². The fourth-order valence-corrected chi connectivity index (χ4v) is 4.74. The third-order valence-corrected chi connectivity index (χ3v) is 6.63. The lowest BCUT2D eigenvalue weighted by molar-refractivity contribution is 0.0410. The van der Waals surface area contributed by atoms with Gasteiger partial charge in [0, 0.05) is 41.9 Å². The largest absolute Gasteiger partial charge is 0.379 e. The molecule has 3 heterocycles. The lowest BCUT2D eigenvalue weighted by atomic mass is 10.0. The van der Waals surface area contributed by atoms with Crippen molar-refractivity contribution in [3.05, 3.63) is 60.2 Å². The maximum atomic E-state index is 6.47. The summed E-state index contributed by atoms with van der Waals surface area (Å²) in [4.78, 5) is 7.28. The van der Waals surface area contributed by atoms with Crippen molar-refractivity contribution >= 4 is 22.7 Å².